The number of rotatable bonds is 3. The lowest BCUT2D eigenvalue weighted by Gasteiger charge is -2.28. The van der Waals surface area contributed by atoms with Crippen LogP contribution in [0.15, 0.2) is 34.9 Å². The van der Waals surface area contributed by atoms with Crippen LogP contribution in [0, 0.1) is 0 Å². The average molecular weight is 265 g/mol. The summed E-state index contributed by atoms with van der Waals surface area (Å²) in [4.78, 5) is 0. The molecule has 0 saturated heterocycles. The highest BCUT2D eigenvalue weighted by Crippen LogP contribution is 2.33. The molecule has 1 aliphatic rings. The molecule has 19 heavy (non-hydrogen) atoms. The van der Waals surface area contributed by atoms with Crippen molar-refractivity contribution in [3.05, 3.63) is 36.1 Å². The predicted molar refractivity (Wildman–Crippen MR) is 70.3 cm³/mol. The highest BCUT2D eigenvalue weighted by atomic mass is 19.3. The number of furan rings is 1. The topological polar surface area (TPSA) is 25.2 Å². The third kappa shape index (κ3) is 2.95. The van der Waals surface area contributed by atoms with Crippen LogP contribution < -0.4 is 5.32 Å². The Morgan fingerprint density at radius 2 is 2.00 bits per heavy atom. The minimum absolute atomic E-state index is 0.00187. The van der Waals surface area contributed by atoms with Gasteiger partial charge in [0.1, 0.15) is 5.58 Å². The van der Waals surface area contributed by atoms with Crippen LogP contribution in [0.1, 0.15) is 31.2 Å². The molecule has 3 rings (SSSR count). The molecule has 1 aliphatic carbocycles. The largest absolute Gasteiger partial charge is 0.464 e. The molecule has 1 aromatic carbocycles. The zero-order valence-corrected chi connectivity index (χ0v) is 10.7. The van der Waals surface area contributed by atoms with E-state index in [1.807, 2.05) is 24.3 Å². The second kappa shape index (κ2) is 4.93. The lowest BCUT2D eigenvalue weighted by molar-refractivity contribution is -0.0405. The van der Waals surface area contributed by atoms with Crippen molar-refractivity contribution >= 4 is 11.0 Å². The number of benzene rings is 1. The Hall–Kier alpha value is -1.42. The van der Waals surface area contributed by atoms with Crippen LogP contribution in [0.3, 0.4) is 0 Å². The molecule has 0 bridgehead atoms. The van der Waals surface area contributed by atoms with Crippen molar-refractivity contribution < 1.29 is 13.2 Å². The Balaban J connectivity index is 1.57. The van der Waals surface area contributed by atoms with E-state index < -0.39 is 5.92 Å². The van der Waals surface area contributed by atoms with Crippen molar-refractivity contribution in [2.24, 2.45) is 0 Å². The molecule has 2 nitrogen and oxygen atoms in total. The lowest BCUT2D eigenvalue weighted by Crippen LogP contribution is -2.36. The van der Waals surface area contributed by atoms with E-state index in [4.69, 9.17) is 4.42 Å². The number of nitrogens with one attached hydrogen (secondary N) is 1. The standard InChI is InChI=1S/C15H17F2NO/c16-15(17)6-3-13(4-7-15)18-10-11-1-2-12-5-8-19-14(12)9-11/h1-2,5,8-9,13,18H,3-4,6-7,10H2. The summed E-state index contributed by atoms with van der Waals surface area (Å²) in [5.41, 5.74) is 1.99. The van der Waals surface area contributed by atoms with Crippen molar-refractivity contribution in [3.63, 3.8) is 0 Å². The van der Waals surface area contributed by atoms with Gasteiger partial charge in [-0.1, -0.05) is 12.1 Å². The fourth-order valence-corrected chi connectivity index (χ4v) is 2.62. The SMILES string of the molecule is FC1(F)CCC(NCc2ccc3ccoc3c2)CC1. The molecule has 0 unspecified atom stereocenters. The molecule has 2 aromatic rings. The summed E-state index contributed by atoms with van der Waals surface area (Å²) in [5, 5.41) is 4.44. The van der Waals surface area contributed by atoms with Crippen LogP contribution >= 0.6 is 0 Å². The minimum Gasteiger partial charge on any atom is -0.464 e. The fraction of sp³-hybridized carbons (Fsp3) is 0.467. The molecular weight excluding hydrogens is 248 g/mol. The van der Waals surface area contributed by atoms with E-state index in [1.54, 1.807) is 6.26 Å². The maximum absolute atomic E-state index is 13.0. The number of alkyl halides is 2. The monoisotopic (exact) mass is 265 g/mol. The number of hydrogen-bond acceptors (Lipinski definition) is 2. The third-order valence-electron chi connectivity index (χ3n) is 3.83. The molecule has 4 heteroatoms. The van der Waals surface area contributed by atoms with Crippen LogP contribution in [0.5, 0.6) is 0 Å². The van der Waals surface area contributed by atoms with E-state index >= 15 is 0 Å². The molecule has 1 aromatic heterocycles. The van der Waals surface area contributed by atoms with Gasteiger partial charge in [0.2, 0.25) is 5.92 Å². The summed E-state index contributed by atoms with van der Waals surface area (Å²) in [6.45, 7) is 0.701. The Kier molecular flexibility index (Phi) is 3.27. The van der Waals surface area contributed by atoms with E-state index in [0.29, 0.717) is 19.4 Å². The number of fused-ring (bicyclic) bond motifs is 1. The fourth-order valence-electron chi connectivity index (χ4n) is 2.62. The first-order valence-corrected chi connectivity index (χ1v) is 6.70. The zero-order chi connectivity index (χ0) is 13.3. The Morgan fingerprint density at radius 3 is 2.79 bits per heavy atom. The normalized spacial score (nSPS) is 19.9. The predicted octanol–water partition coefficient (Wildman–Crippen LogP) is 4.10. The highest BCUT2D eigenvalue weighted by molar-refractivity contribution is 5.77. The molecule has 0 atom stereocenters. The van der Waals surface area contributed by atoms with E-state index in [9.17, 15) is 8.78 Å². The first-order valence-electron chi connectivity index (χ1n) is 6.70. The molecule has 1 fully saturated rings. The van der Waals surface area contributed by atoms with Crippen LogP contribution in [0.25, 0.3) is 11.0 Å². The molecule has 1 N–H and O–H groups in total. The van der Waals surface area contributed by atoms with Gasteiger partial charge in [0.25, 0.3) is 0 Å². The number of hydrogen-bond donors (Lipinski definition) is 1. The van der Waals surface area contributed by atoms with Gasteiger partial charge in [0.05, 0.1) is 6.26 Å². The van der Waals surface area contributed by atoms with Gasteiger partial charge in [-0.3, -0.25) is 0 Å². The average Bonchev–Trinajstić information content (AvgIpc) is 2.85. The van der Waals surface area contributed by atoms with E-state index in [-0.39, 0.29) is 18.9 Å². The highest BCUT2D eigenvalue weighted by Gasteiger charge is 2.34. The van der Waals surface area contributed by atoms with Crippen molar-refractivity contribution in [2.45, 2.75) is 44.2 Å². The second-order valence-corrected chi connectivity index (χ2v) is 5.30. The molecule has 0 aliphatic heterocycles. The summed E-state index contributed by atoms with van der Waals surface area (Å²) in [6.07, 6.45) is 2.78. The summed E-state index contributed by atoms with van der Waals surface area (Å²) >= 11 is 0. The first kappa shape index (κ1) is 12.6. The van der Waals surface area contributed by atoms with Crippen molar-refractivity contribution in [1.82, 2.24) is 5.32 Å². The second-order valence-electron chi connectivity index (χ2n) is 5.30. The van der Waals surface area contributed by atoms with Crippen molar-refractivity contribution in [1.29, 1.82) is 0 Å². The maximum atomic E-state index is 13.0. The quantitative estimate of drug-likeness (QED) is 0.903. The van der Waals surface area contributed by atoms with E-state index in [2.05, 4.69) is 5.32 Å². The molecule has 1 saturated carbocycles. The van der Waals surface area contributed by atoms with Crippen molar-refractivity contribution in [3.8, 4) is 0 Å². The van der Waals surface area contributed by atoms with Crippen LogP contribution in [0.4, 0.5) is 8.78 Å². The number of halogens is 2. The van der Waals surface area contributed by atoms with Crippen LogP contribution in [-0.2, 0) is 6.54 Å². The van der Waals surface area contributed by atoms with Gasteiger partial charge in [0, 0.05) is 30.8 Å². The molecule has 102 valence electrons. The van der Waals surface area contributed by atoms with Crippen LogP contribution in [-0.4, -0.2) is 12.0 Å². The summed E-state index contributed by atoms with van der Waals surface area (Å²) in [5.74, 6) is -2.45. The molecule has 1 heterocycles. The van der Waals surface area contributed by atoms with Gasteiger partial charge in [-0.25, -0.2) is 8.78 Å². The summed E-state index contributed by atoms with van der Waals surface area (Å²) < 4.78 is 31.4. The van der Waals surface area contributed by atoms with Gasteiger partial charge >= 0.3 is 0 Å². The van der Waals surface area contributed by atoms with Crippen LogP contribution in [0.2, 0.25) is 0 Å². The molecular formula is C15H17F2NO. The van der Waals surface area contributed by atoms with Gasteiger partial charge in [-0.2, -0.15) is 0 Å². The minimum atomic E-state index is -2.45. The first-order chi connectivity index (χ1) is 9.12. The Bertz CT molecular complexity index is 554. The zero-order valence-electron chi connectivity index (χ0n) is 10.7. The molecule has 0 amide bonds. The lowest BCUT2D eigenvalue weighted by atomic mass is 9.92. The van der Waals surface area contributed by atoms with Gasteiger partial charge < -0.3 is 9.73 Å². The maximum Gasteiger partial charge on any atom is 0.248 e. The third-order valence-corrected chi connectivity index (χ3v) is 3.83. The smallest absolute Gasteiger partial charge is 0.248 e. The van der Waals surface area contributed by atoms with E-state index in [0.717, 1.165) is 16.5 Å². The van der Waals surface area contributed by atoms with E-state index in [1.165, 1.54) is 0 Å². The molecule has 0 spiro atoms. The molecule has 0 radical (unpaired) electrons. The van der Waals surface area contributed by atoms with Gasteiger partial charge in [-0.15, -0.1) is 0 Å². The summed E-state index contributed by atoms with van der Waals surface area (Å²) in [7, 11) is 0. The van der Waals surface area contributed by atoms with Crippen molar-refractivity contribution in [2.75, 3.05) is 0 Å². The van der Waals surface area contributed by atoms with Gasteiger partial charge in [0.15, 0.2) is 0 Å². The Labute approximate surface area is 110 Å². The summed E-state index contributed by atoms with van der Waals surface area (Å²) in [6, 6.07) is 8.19. The van der Waals surface area contributed by atoms with Gasteiger partial charge in [-0.05, 0) is 30.5 Å². The Morgan fingerprint density at radius 1 is 1.21 bits per heavy atom.